The molecule has 84 valence electrons. The third kappa shape index (κ3) is 1.06. The lowest BCUT2D eigenvalue weighted by Crippen LogP contribution is -2.39. The number of aliphatic hydroxyl groups is 1. The number of fused-ring (bicyclic) bond motifs is 3. The predicted molar refractivity (Wildman–Crippen MR) is 59.0 cm³/mol. The zero-order chi connectivity index (χ0) is 11.3. The molecule has 0 aromatic rings. The summed E-state index contributed by atoms with van der Waals surface area (Å²) in [4.78, 5) is 1.98. The molecule has 1 saturated heterocycles. The minimum atomic E-state index is -0.0738. The van der Waals surface area contributed by atoms with Gasteiger partial charge in [-0.2, -0.15) is 5.26 Å². The molecule has 2 N–H and O–H groups in total. The first-order chi connectivity index (χ1) is 7.74. The first kappa shape index (κ1) is 9.71. The van der Waals surface area contributed by atoms with Gasteiger partial charge in [0.05, 0.1) is 6.04 Å². The van der Waals surface area contributed by atoms with Crippen LogP contribution < -0.4 is 0 Å². The molecule has 0 unspecified atom stereocenters. The zero-order valence-electron chi connectivity index (χ0n) is 9.11. The minimum Gasteiger partial charge on any atom is -0.509 e. The standard InChI is InChI=1S/C12H15N3O/c13-6-8-11(16)10-5-7-3-1-2-4-9(7)15(10)12(8)14/h7,9-10,14,16H,1-5H2/t7-,9+,10-/m1/s1. The summed E-state index contributed by atoms with van der Waals surface area (Å²) < 4.78 is 0. The maximum atomic E-state index is 9.95. The van der Waals surface area contributed by atoms with E-state index >= 15 is 0 Å². The summed E-state index contributed by atoms with van der Waals surface area (Å²) >= 11 is 0. The number of rotatable bonds is 0. The summed E-state index contributed by atoms with van der Waals surface area (Å²) in [5.41, 5.74) is 0.189. The average molecular weight is 217 g/mol. The molecule has 0 bridgehead atoms. The van der Waals surface area contributed by atoms with Crippen LogP contribution in [-0.2, 0) is 0 Å². The molecule has 1 saturated carbocycles. The van der Waals surface area contributed by atoms with Gasteiger partial charge in [-0.1, -0.05) is 12.8 Å². The third-order valence-corrected chi connectivity index (χ3v) is 4.27. The van der Waals surface area contributed by atoms with Crippen molar-refractivity contribution in [2.45, 2.75) is 44.2 Å². The lowest BCUT2D eigenvalue weighted by atomic mass is 9.84. The Balaban J connectivity index is 1.96. The van der Waals surface area contributed by atoms with Crippen LogP contribution in [0, 0.1) is 22.7 Å². The Morgan fingerprint density at radius 3 is 2.88 bits per heavy atom. The molecule has 1 aliphatic carbocycles. The van der Waals surface area contributed by atoms with Crippen molar-refractivity contribution in [3.63, 3.8) is 0 Å². The Labute approximate surface area is 94.7 Å². The molecule has 3 atom stereocenters. The first-order valence-electron chi connectivity index (χ1n) is 5.94. The number of nitriles is 1. The zero-order valence-corrected chi connectivity index (χ0v) is 9.11. The van der Waals surface area contributed by atoms with E-state index in [0.29, 0.717) is 12.0 Å². The molecule has 4 nitrogen and oxygen atoms in total. The van der Waals surface area contributed by atoms with Gasteiger partial charge in [-0.3, -0.25) is 5.41 Å². The molecule has 0 aromatic carbocycles. The van der Waals surface area contributed by atoms with E-state index in [1.165, 1.54) is 19.3 Å². The van der Waals surface area contributed by atoms with Crippen molar-refractivity contribution in [3.8, 4) is 6.07 Å². The highest BCUT2D eigenvalue weighted by molar-refractivity contribution is 6.03. The molecule has 16 heavy (non-hydrogen) atoms. The molecular formula is C12H15N3O. The van der Waals surface area contributed by atoms with Crippen molar-refractivity contribution in [2.75, 3.05) is 0 Å². The molecule has 4 heteroatoms. The molecule has 3 rings (SSSR count). The number of nitrogens with zero attached hydrogens (tertiary/aromatic N) is 2. The molecule has 2 aliphatic heterocycles. The van der Waals surface area contributed by atoms with Crippen LogP contribution in [0.3, 0.4) is 0 Å². The summed E-state index contributed by atoms with van der Waals surface area (Å²) in [6, 6.07) is 2.27. The molecule has 0 radical (unpaired) electrons. The summed E-state index contributed by atoms with van der Waals surface area (Å²) in [6.45, 7) is 0. The van der Waals surface area contributed by atoms with Crippen LogP contribution in [0.2, 0.25) is 0 Å². The van der Waals surface area contributed by atoms with Crippen LogP contribution in [-0.4, -0.2) is 27.9 Å². The molecule has 2 heterocycles. The van der Waals surface area contributed by atoms with E-state index in [1.54, 1.807) is 0 Å². The molecule has 2 fully saturated rings. The Morgan fingerprint density at radius 2 is 2.12 bits per heavy atom. The molecule has 3 aliphatic rings. The summed E-state index contributed by atoms with van der Waals surface area (Å²) in [5, 5.41) is 26.8. The van der Waals surface area contributed by atoms with E-state index in [1.807, 2.05) is 11.0 Å². The number of aliphatic hydroxyl groups excluding tert-OH is 1. The Morgan fingerprint density at radius 1 is 1.38 bits per heavy atom. The molecular weight excluding hydrogens is 202 g/mol. The predicted octanol–water partition coefficient (Wildman–Crippen LogP) is 1.95. The van der Waals surface area contributed by atoms with E-state index in [-0.39, 0.29) is 23.2 Å². The van der Waals surface area contributed by atoms with Gasteiger partial charge in [0, 0.05) is 6.04 Å². The first-order valence-corrected chi connectivity index (χ1v) is 5.94. The lowest BCUT2D eigenvalue weighted by molar-refractivity contribution is 0.233. The van der Waals surface area contributed by atoms with Crippen LogP contribution in [0.25, 0.3) is 0 Å². The summed E-state index contributed by atoms with van der Waals surface area (Å²) in [6.07, 6.45) is 5.71. The average Bonchev–Trinajstić information content (AvgIpc) is 2.77. The summed E-state index contributed by atoms with van der Waals surface area (Å²) in [7, 11) is 0. The highest BCUT2D eigenvalue weighted by atomic mass is 16.3. The third-order valence-electron chi connectivity index (χ3n) is 4.27. The van der Waals surface area contributed by atoms with Gasteiger partial charge in [-0.15, -0.1) is 0 Å². The van der Waals surface area contributed by atoms with Gasteiger partial charge in [0.2, 0.25) is 0 Å². The highest BCUT2D eigenvalue weighted by Gasteiger charge is 2.50. The normalized spacial score (nSPS) is 37.3. The van der Waals surface area contributed by atoms with Gasteiger partial charge in [0.25, 0.3) is 0 Å². The van der Waals surface area contributed by atoms with E-state index < -0.39 is 0 Å². The monoisotopic (exact) mass is 217 g/mol. The van der Waals surface area contributed by atoms with Crippen molar-refractivity contribution in [1.82, 2.24) is 4.90 Å². The van der Waals surface area contributed by atoms with Crippen molar-refractivity contribution in [2.24, 2.45) is 5.92 Å². The van der Waals surface area contributed by atoms with Crippen LogP contribution >= 0.6 is 0 Å². The van der Waals surface area contributed by atoms with E-state index in [4.69, 9.17) is 10.7 Å². The second kappa shape index (κ2) is 3.24. The Bertz CT molecular complexity index is 420. The second-order valence-electron chi connectivity index (χ2n) is 4.99. The quantitative estimate of drug-likeness (QED) is 0.651. The smallest absolute Gasteiger partial charge is 0.143 e. The number of amidine groups is 1. The summed E-state index contributed by atoms with van der Waals surface area (Å²) in [5.74, 6) is 1.00. The fraction of sp³-hybridized carbons (Fsp3) is 0.667. The Hall–Kier alpha value is -1.50. The topological polar surface area (TPSA) is 71.1 Å². The van der Waals surface area contributed by atoms with E-state index in [9.17, 15) is 5.11 Å². The molecule has 0 spiro atoms. The van der Waals surface area contributed by atoms with Gasteiger partial charge in [-0.25, -0.2) is 0 Å². The van der Waals surface area contributed by atoms with Gasteiger partial charge >= 0.3 is 0 Å². The SMILES string of the molecule is N#CC1=C(O)[C@H]2C[C@H]3CCCC[C@@H]3N2C1=N. The largest absolute Gasteiger partial charge is 0.509 e. The number of hydrogen-bond acceptors (Lipinski definition) is 3. The van der Waals surface area contributed by atoms with Crippen LogP contribution in [0.4, 0.5) is 0 Å². The van der Waals surface area contributed by atoms with Crippen molar-refractivity contribution in [3.05, 3.63) is 11.3 Å². The van der Waals surface area contributed by atoms with Crippen molar-refractivity contribution < 1.29 is 5.11 Å². The minimum absolute atomic E-state index is 0.0738. The number of nitrogens with one attached hydrogen (secondary N) is 1. The maximum absolute atomic E-state index is 9.95. The van der Waals surface area contributed by atoms with E-state index in [0.717, 1.165) is 12.8 Å². The molecule has 0 amide bonds. The van der Waals surface area contributed by atoms with Gasteiger partial charge in [0.1, 0.15) is 23.2 Å². The highest BCUT2D eigenvalue weighted by Crippen LogP contribution is 2.45. The lowest BCUT2D eigenvalue weighted by Gasteiger charge is -2.32. The van der Waals surface area contributed by atoms with Crippen LogP contribution in [0.5, 0.6) is 0 Å². The number of hydrogen-bond donors (Lipinski definition) is 2. The van der Waals surface area contributed by atoms with Gasteiger partial charge in [-0.05, 0) is 25.2 Å². The van der Waals surface area contributed by atoms with E-state index in [2.05, 4.69) is 0 Å². The van der Waals surface area contributed by atoms with Gasteiger partial charge in [0.15, 0.2) is 0 Å². The van der Waals surface area contributed by atoms with Crippen LogP contribution in [0.15, 0.2) is 11.3 Å². The fourth-order valence-corrected chi connectivity index (χ4v) is 3.55. The molecule has 0 aromatic heterocycles. The maximum Gasteiger partial charge on any atom is 0.143 e. The Kier molecular flexibility index (Phi) is 1.97. The van der Waals surface area contributed by atoms with Crippen molar-refractivity contribution >= 4 is 5.84 Å². The van der Waals surface area contributed by atoms with Crippen molar-refractivity contribution in [1.29, 1.82) is 10.7 Å². The fourth-order valence-electron chi connectivity index (χ4n) is 3.55. The second-order valence-corrected chi connectivity index (χ2v) is 4.99. The van der Waals surface area contributed by atoms with Crippen LogP contribution in [0.1, 0.15) is 32.1 Å². The van der Waals surface area contributed by atoms with Gasteiger partial charge < -0.3 is 10.0 Å².